The molecule has 0 saturated carbocycles. The number of H-pyrrole nitrogens is 1. The number of halogens is 2. The maximum Gasteiger partial charge on any atom is 0.182 e. The van der Waals surface area contributed by atoms with Crippen LogP contribution in [0, 0.1) is 5.82 Å². The molecule has 2 rings (SSSR count). The van der Waals surface area contributed by atoms with Crippen LogP contribution < -0.4 is 5.43 Å². The molecule has 0 unspecified atom stereocenters. The fraction of sp³-hybridized carbons (Fsp3) is 0. The van der Waals surface area contributed by atoms with E-state index >= 15 is 0 Å². The van der Waals surface area contributed by atoms with Crippen molar-refractivity contribution in [2.75, 3.05) is 0 Å². The van der Waals surface area contributed by atoms with E-state index in [1.165, 1.54) is 18.3 Å². The van der Waals surface area contributed by atoms with E-state index in [9.17, 15) is 9.18 Å². The summed E-state index contributed by atoms with van der Waals surface area (Å²) in [5, 5.41) is 0. The Hall–Kier alpha value is -1.42. The molecule has 15 heavy (non-hydrogen) atoms. The van der Waals surface area contributed by atoms with Crippen molar-refractivity contribution in [1.82, 2.24) is 4.98 Å². The molecule has 1 N–H and O–H groups in total. The number of rotatable bonds is 1. The molecule has 0 radical (unpaired) electrons. The van der Waals surface area contributed by atoms with E-state index in [0.29, 0.717) is 15.7 Å². The van der Waals surface area contributed by atoms with Gasteiger partial charge in [-0.15, -0.1) is 0 Å². The summed E-state index contributed by atoms with van der Waals surface area (Å²) in [6.45, 7) is 0. The molecule has 2 nitrogen and oxygen atoms in total. The Bertz CT molecular complexity index is 550. The van der Waals surface area contributed by atoms with Gasteiger partial charge in [-0.1, -0.05) is 6.07 Å². The Kier molecular flexibility index (Phi) is 2.68. The fourth-order valence-electron chi connectivity index (χ4n) is 1.31. The van der Waals surface area contributed by atoms with Gasteiger partial charge in [-0.3, -0.25) is 4.79 Å². The zero-order chi connectivity index (χ0) is 10.8. The molecule has 0 spiro atoms. The molecule has 0 fully saturated rings. The standard InChI is InChI=1S/C11H7BrFNO/c12-9-3-1-2-8(11(9)13)10-6-7(15)4-5-14-10/h1-6H,(H,14,15). The van der Waals surface area contributed by atoms with E-state index in [-0.39, 0.29) is 11.2 Å². The molecule has 0 aliphatic heterocycles. The van der Waals surface area contributed by atoms with Crippen LogP contribution in [0.3, 0.4) is 0 Å². The second kappa shape index (κ2) is 3.98. The van der Waals surface area contributed by atoms with Crippen LogP contribution in [0.4, 0.5) is 4.39 Å². The molecule has 0 aliphatic rings. The molecule has 2 aromatic rings. The van der Waals surface area contributed by atoms with Gasteiger partial charge < -0.3 is 4.98 Å². The highest BCUT2D eigenvalue weighted by atomic mass is 79.9. The third-order valence-electron chi connectivity index (χ3n) is 2.01. The van der Waals surface area contributed by atoms with Crippen LogP contribution in [-0.4, -0.2) is 4.98 Å². The smallest absolute Gasteiger partial charge is 0.182 e. The highest BCUT2D eigenvalue weighted by molar-refractivity contribution is 9.10. The van der Waals surface area contributed by atoms with Crippen LogP contribution in [0.15, 0.2) is 45.8 Å². The van der Waals surface area contributed by atoms with Crippen molar-refractivity contribution < 1.29 is 4.39 Å². The van der Waals surface area contributed by atoms with E-state index in [4.69, 9.17) is 0 Å². The van der Waals surface area contributed by atoms with Crippen LogP contribution in [0.5, 0.6) is 0 Å². The van der Waals surface area contributed by atoms with Gasteiger partial charge >= 0.3 is 0 Å². The molecular weight excluding hydrogens is 261 g/mol. The van der Waals surface area contributed by atoms with Crippen LogP contribution in [0.2, 0.25) is 0 Å². The topological polar surface area (TPSA) is 32.9 Å². The SMILES string of the molecule is O=c1cc[nH]c(-c2cccc(Br)c2F)c1. The summed E-state index contributed by atoms with van der Waals surface area (Å²) in [7, 11) is 0. The zero-order valence-electron chi connectivity index (χ0n) is 7.63. The lowest BCUT2D eigenvalue weighted by molar-refractivity contribution is 0.624. The van der Waals surface area contributed by atoms with E-state index in [1.54, 1.807) is 18.2 Å². The Labute approximate surface area is 93.9 Å². The second-order valence-electron chi connectivity index (χ2n) is 3.04. The predicted molar refractivity (Wildman–Crippen MR) is 60.2 cm³/mol. The van der Waals surface area contributed by atoms with Crippen LogP contribution >= 0.6 is 15.9 Å². The van der Waals surface area contributed by atoms with Crippen molar-refractivity contribution in [3.63, 3.8) is 0 Å². The molecule has 0 aliphatic carbocycles. The van der Waals surface area contributed by atoms with E-state index in [1.807, 2.05) is 0 Å². The van der Waals surface area contributed by atoms with E-state index in [0.717, 1.165) is 0 Å². The van der Waals surface area contributed by atoms with Crippen molar-refractivity contribution in [2.45, 2.75) is 0 Å². The van der Waals surface area contributed by atoms with Crippen molar-refractivity contribution in [2.24, 2.45) is 0 Å². The largest absolute Gasteiger partial charge is 0.361 e. The minimum atomic E-state index is -0.376. The van der Waals surface area contributed by atoms with Gasteiger partial charge in [-0.2, -0.15) is 0 Å². The minimum Gasteiger partial charge on any atom is -0.361 e. The summed E-state index contributed by atoms with van der Waals surface area (Å²) in [5.74, 6) is -0.376. The average Bonchev–Trinajstić information content (AvgIpc) is 2.22. The third-order valence-corrected chi connectivity index (χ3v) is 2.63. The van der Waals surface area contributed by atoms with Gasteiger partial charge in [0.05, 0.1) is 10.2 Å². The third kappa shape index (κ3) is 1.99. The first-order valence-corrected chi connectivity index (χ1v) is 5.11. The molecule has 0 amide bonds. The van der Waals surface area contributed by atoms with Gasteiger partial charge in [0.1, 0.15) is 5.82 Å². The lowest BCUT2D eigenvalue weighted by Crippen LogP contribution is -1.99. The molecular formula is C11H7BrFNO. The van der Waals surface area contributed by atoms with Crippen molar-refractivity contribution in [3.8, 4) is 11.3 Å². The van der Waals surface area contributed by atoms with Crippen LogP contribution in [0.1, 0.15) is 0 Å². The maximum absolute atomic E-state index is 13.7. The highest BCUT2D eigenvalue weighted by Crippen LogP contribution is 2.25. The van der Waals surface area contributed by atoms with Crippen molar-refractivity contribution >= 4 is 15.9 Å². The first-order chi connectivity index (χ1) is 7.18. The van der Waals surface area contributed by atoms with Gasteiger partial charge in [0.15, 0.2) is 5.43 Å². The first-order valence-electron chi connectivity index (χ1n) is 4.31. The van der Waals surface area contributed by atoms with Crippen molar-refractivity contribution in [1.29, 1.82) is 0 Å². The first kappa shape index (κ1) is 10.1. The number of hydrogen-bond acceptors (Lipinski definition) is 1. The summed E-state index contributed by atoms with van der Waals surface area (Å²) in [4.78, 5) is 13.9. The molecule has 76 valence electrons. The summed E-state index contributed by atoms with van der Waals surface area (Å²) in [5.41, 5.74) is 0.700. The van der Waals surface area contributed by atoms with Crippen molar-refractivity contribution in [3.05, 3.63) is 57.0 Å². The molecule has 1 aromatic heterocycles. The summed E-state index contributed by atoms with van der Waals surface area (Å²) < 4.78 is 14.0. The maximum atomic E-state index is 13.7. The number of aromatic nitrogens is 1. The van der Waals surface area contributed by atoms with Gasteiger partial charge in [0.25, 0.3) is 0 Å². The molecule has 0 saturated heterocycles. The van der Waals surface area contributed by atoms with Crippen LogP contribution in [-0.2, 0) is 0 Å². The number of hydrogen-bond donors (Lipinski definition) is 1. The Morgan fingerprint density at radius 3 is 2.80 bits per heavy atom. The molecule has 0 atom stereocenters. The lowest BCUT2D eigenvalue weighted by atomic mass is 10.1. The quantitative estimate of drug-likeness (QED) is 0.847. The Morgan fingerprint density at radius 1 is 1.27 bits per heavy atom. The minimum absolute atomic E-state index is 0.150. The average molecular weight is 268 g/mol. The number of pyridine rings is 1. The summed E-state index contributed by atoms with van der Waals surface area (Å²) >= 11 is 3.09. The number of benzene rings is 1. The zero-order valence-corrected chi connectivity index (χ0v) is 9.21. The fourth-order valence-corrected chi connectivity index (χ4v) is 1.68. The second-order valence-corrected chi connectivity index (χ2v) is 3.89. The van der Waals surface area contributed by atoms with Crippen LogP contribution in [0.25, 0.3) is 11.3 Å². The van der Waals surface area contributed by atoms with Gasteiger partial charge in [0, 0.05) is 23.9 Å². The normalized spacial score (nSPS) is 10.3. The van der Waals surface area contributed by atoms with E-state index < -0.39 is 0 Å². The Balaban J connectivity index is 2.64. The highest BCUT2D eigenvalue weighted by Gasteiger charge is 2.08. The summed E-state index contributed by atoms with van der Waals surface area (Å²) in [6.07, 6.45) is 1.50. The Morgan fingerprint density at radius 2 is 2.07 bits per heavy atom. The summed E-state index contributed by atoms with van der Waals surface area (Å²) in [6, 6.07) is 7.70. The predicted octanol–water partition coefficient (Wildman–Crippen LogP) is 2.94. The molecule has 0 bridgehead atoms. The number of nitrogens with one attached hydrogen (secondary N) is 1. The molecule has 1 aromatic carbocycles. The van der Waals surface area contributed by atoms with Gasteiger partial charge in [-0.25, -0.2) is 4.39 Å². The molecule has 1 heterocycles. The van der Waals surface area contributed by atoms with E-state index in [2.05, 4.69) is 20.9 Å². The monoisotopic (exact) mass is 267 g/mol. The molecule has 4 heteroatoms. The van der Waals surface area contributed by atoms with Gasteiger partial charge in [-0.05, 0) is 28.1 Å². The lowest BCUT2D eigenvalue weighted by Gasteiger charge is -2.03. The number of aromatic amines is 1. The van der Waals surface area contributed by atoms with Gasteiger partial charge in [0.2, 0.25) is 0 Å².